The fraction of sp³-hybridized carbons (Fsp3) is 0. The Hall–Kier alpha value is -6.20. The van der Waals surface area contributed by atoms with Gasteiger partial charge in [-0.1, -0.05) is 91.0 Å². The second kappa shape index (κ2) is 11.7. The van der Waals surface area contributed by atoms with E-state index in [-0.39, 0.29) is 0 Å². The summed E-state index contributed by atoms with van der Waals surface area (Å²) in [6, 6.07) is 49.2. The van der Waals surface area contributed by atoms with Crippen LogP contribution >= 0.6 is 35.2 Å². The van der Waals surface area contributed by atoms with E-state index in [2.05, 4.69) is 137 Å². The number of fused-ring (bicyclic) bond motifs is 7. The van der Waals surface area contributed by atoms with Gasteiger partial charge in [0.2, 0.25) is 0 Å². The van der Waals surface area contributed by atoms with E-state index in [1.165, 1.54) is 67.5 Å². The number of anilines is 3. The Labute approximate surface area is 309 Å². The van der Waals surface area contributed by atoms with Gasteiger partial charge in [0, 0.05) is 11.1 Å². The highest BCUT2D eigenvalue weighted by Gasteiger charge is 2.26. The highest BCUT2D eigenvalue weighted by Crippen LogP contribution is 2.46. The molecule has 52 heavy (non-hydrogen) atoms. The van der Waals surface area contributed by atoms with Gasteiger partial charge < -0.3 is 4.90 Å². The first kappa shape index (κ1) is 29.5. The predicted molar refractivity (Wildman–Crippen MR) is 217 cm³/mol. The van der Waals surface area contributed by atoms with Crippen molar-refractivity contribution in [2.75, 3.05) is 4.90 Å². The Morgan fingerprint density at radius 1 is 0.346 bits per heavy atom. The van der Waals surface area contributed by atoms with E-state index in [0.29, 0.717) is 0 Å². The number of hydrogen-bond donors (Lipinski definition) is 0. The van der Waals surface area contributed by atoms with Crippen LogP contribution in [0.1, 0.15) is 0 Å². The van der Waals surface area contributed by atoms with Crippen LogP contribution in [0, 0.1) is 0 Å². The van der Waals surface area contributed by atoms with Gasteiger partial charge in [0.05, 0.1) is 52.2 Å². The molecule has 3 heterocycles. The van der Waals surface area contributed by atoms with Gasteiger partial charge in [0.25, 0.3) is 0 Å². The van der Waals surface area contributed by atoms with Gasteiger partial charge in [0.1, 0.15) is 33.1 Å². The molecule has 0 saturated carbocycles. The van der Waals surface area contributed by atoms with Crippen LogP contribution in [0.2, 0.25) is 0 Å². The van der Waals surface area contributed by atoms with Gasteiger partial charge in [-0.15, -0.1) is 0 Å². The molecule has 244 valence electrons. The third kappa shape index (κ3) is 4.55. The smallest absolute Gasteiger partial charge is 0.129 e. The minimum atomic E-state index is 0.802. The topological polar surface area (TPSA) is 80.6 Å². The average Bonchev–Trinajstić information content (AvgIpc) is 4.00. The third-order valence-corrected chi connectivity index (χ3v) is 11.5. The van der Waals surface area contributed by atoms with Crippen LogP contribution in [-0.2, 0) is 0 Å². The summed E-state index contributed by atoms with van der Waals surface area (Å²) in [5.41, 5.74) is 11.8. The standard InChI is InChI=1S/C42H23N7S3/c1-2-8-27-22-28(16-12-24(27)6-1)31-18-20-36(41-38(31)44-51-47-41)49(35-11-5-10-34-40(35)46-50-43-34)37-21-19-32(39-42(37)48-52-45-39)29-17-15-26-14-13-25-7-3-4-9-30(25)33(26)23-29/h1-23H. The minimum absolute atomic E-state index is 0.802. The molecule has 0 aliphatic heterocycles. The first-order chi connectivity index (χ1) is 25.8. The average molecular weight is 722 g/mol. The normalized spacial score (nSPS) is 11.8. The molecular weight excluding hydrogens is 699 g/mol. The van der Waals surface area contributed by atoms with Crippen molar-refractivity contribution in [3.05, 3.63) is 140 Å². The molecule has 0 atom stereocenters. The van der Waals surface area contributed by atoms with Gasteiger partial charge in [-0.05, 0) is 92.0 Å². The molecule has 0 fully saturated rings. The third-order valence-electron chi connectivity index (χ3n) is 9.89. The SMILES string of the molecule is c1ccc2cc(-c3ccc(N(c4cccc5nsnc45)c4ccc(-c5ccc6ccc7ccccc7c6c5)c5nsnc45)c4nsnc34)ccc2c1. The molecule has 11 aromatic rings. The van der Waals surface area contributed by atoms with Crippen molar-refractivity contribution in [3.63, 3.8) is 0 Å². The van der Waals surface area contributed by atoms with Gasteiger partial charge in [-0.3, -0.25) is 0 Å². The Morgan fingerprint density at radius 3 is 1.63 bits per heavy atom. The lowest BCUT2D eigenvalue weighted by Crippen LogP contribution is -2.12. The Morgan fingerprint density at radius 2 is 0.885 bits per heavy atom. The summed E-state index contributed by atoms with van der Waals surface area (Å²) >= 11 is 3.65. The monoisotopic (exact) mass is 721 g/mol. The van der Waals surface area contributed by atoms with Crippen LogP contribution in [0.3, 0.4) is 0 Å². The van der Waals surface area contributed by atoms with Crippen molar-refractivity contribution >= 4 is 118 Å². The maximum absolute atomic E-state index is 4.94. The number of benzene rings is 8. The molecule has 0 saturated heterocycles. The lowest BCUT2D eigenvalue weighted by molar-refractivity contribution is 1.31. The summed E-state index contributed by atoms with van der Waals surface area (Å²) in [5, 5.41) is 7.26. The zero-order valence-corrected chi connectivity index (χ0v) is 29.6. The fourth-order valence-electron chi connectivity index (χ4n) is 7.42. The maximum Gasteiger partial charge on any atom is 0.129 e. The highest BCUT2D eigenvalue weighted by molar-refractivity contribution is 7.00. The van der Waals surface area contributed by atoms with Crippen LogP contribution in [0.15, 0.2) is 140 Å². The van der Waals surface area contributed by atoms with Crippen molar-refractivity contribution in [2.24, 2.45) is 0 Å². The number of rotatable bonds is 5. The van der Waals surface area contributed by atoms with Gasteiger partial charge >= 0.3 is 0 Å². The molecule has 10 heteroatoms. The van der Waals surface area contributed by atoms with Gasteiger partial charge in [-0.25, -0.2) is 0 Å². The molecule has 3 aromatic heterocycles. The Bertz CT molecular complexity index is 3180. The second-order valence-electron chi connectivity index (χ2n) is 12.7. The van der Waals surface area contributed by atoms with Crippen LogP contribution < -0.4 is 4.90 Å². The lowest BCUT2D eigenvalue weighted by atomic mass is 9.96. The van der Waals surface area contributed by atoms with E-state index in [4.69, 9.17) is 21.9 Å². The van der Waals surface area contributed by atoms with E-state index >= 15 is 0 Å². The summed E-state index contributed by atoms with van der Waals surface area (Å²) in [7, 11) is 0. The van der Waals surface area contributed by atoms with Crippen molar-refractivity contribution in [2.45, 2.75) is 0 Å². The molecule has 0 amide bonds. The van der Waals surface area contributed by atoms with Crippen LogP contribution in [0.5, 0.6) is 0 Å². The molecule has 0 aliphatic carbocycles. The van der Waals surface area contributed by atoms with Crippen molar-refractivity contribution in [3.8, 4) is 22.3 Å². The lowest BCUT2D eigenvalue weighted by Gasteiger charge is -2.26. The predicted octanol–water partition coefficient (Wildman–Crippen LogP) is 12.0. The molecule has 7 nitrogen and oxygen atoms in total. The molecule has 0 bridgehead atoms. The first-order valence-electron chi connectivity index (χ1n) is 16.7. The highest BCUT2D eigenvalue weighted by atomic mass is 32.1. The molecule has 0 aliphatic rings. The Kier molecular flexibility index (Phi) is 6.63. The van der Waals surface area contributed by atoms with Crippen LogP contribution in [0.4, 0.5) is 17.1 Å². The van der Waals surface area contributed by atoms with Crippen LogP contribution in [-0.4, -0.2) is 26.2 Å². The second-order valence-corrected chi connectivity index (χ2v) is 14.3. The van der Waals surface area contributed by atoms with E-state index in [9.17, 15) is 0 Å². The van der Waals surface area contributed by atoms with Crippen molar-refractivity contribution < 1.29 is 0 Å². The van der Waals surface area contributed by atoms with Crippen LogP contribution in [0.25, 0.3) is 87.7 Å². The molecule has 8 aromatic carbocycles. The van der Waals surface area contributed by atoms with Crippen molar-refractivity contribution in [1.29, 1.82) is 0 Å². The molecule has 11 rings (SSSR count). The molecule has 0 unspecified atom stereocenters. The largest absolute Gasteiger partial charge is 0.304 e. The quantitative estimate of drug-likeness (QED) is 0.164. The summed E-state index contributed by atoms with van der Waals surface area (Å²) < 4.78 is 29.0. The molecule has 0 radical (unpaired) electrons. The van der Waals surface area contributed by atoms with E-state index in [1.807, 2.05) is 12.1 Å². The summed E-state index contributed by atoms with van der Waals surface area (Å²) in [6.45, 7) is 0. The molecular formula is C42H23N7S3. The molecule has 0 N–H and O–H groups in total. The van der Waals surface area contributed by atoms with Gasteiger partial charge in [0.15, 0.2) is 0 Å². The van der Waals surface area contributed by atoms with Gasteiger partial charge in [-0.2, -0.15) is 26.2 Å². The summed E-state index contributed by atoms with van der Waals surface area (Å²) in [4.78, 5) is 2.21. The summed E-state index contributed by atoms with van der Waals surface area (Å²) in [6.07, 6.45) is 0. The first-order valence-corrected chi connectivity index (χ1v) is 18.9. The van der Waals surface area contributed by atoms with E-state index in [0.717, 1.165) is 72.4 Å². The van der Waals surface area contributed by atoms with E-state index in [1.54, 1.807) is 0 Å². The minimum Gasteiger partial charge on any atom is -0.304 e. The Balaban J connectivity index is 1.13. The van der Waals surface area contributed by atoms with E-state index < -0.39 is 0 Å². The number of hydrogen-bond acceptors (Lipinski definition) is 10. The zero-order chi connectivity index (χ0) is 34.2. The summed E-state index contributed by atoms with van der Waals surface area (Å²) in [5.74, 6) is 0. The van der Waals surface area contributed by atoms with Crippen molar-refractivity contribution in [1.82, 2.24) is 26.2 Å². The number of nitrogens with zero attached hydrogens (tertiary/aromatic N) is 7. The fourth-order valence-corrected chi connectivity index (χ4v) is 9.10. The number of aromatic nitrogens is 6. The maximum atomic E-state index is 4.94. The molecule has 0 spiro atoms. The zero-order valence-electron chi connectivity index (χ0n) is 27.1.